The van der Waals surface area contributed by atoms with Gasteiger partial charge in [0.15, 0.2) is 5.60 Å². The lowest BCUT2D eigenvalue weighted by atomic mass is 9.66. The number of fused-ring (bicyclic) bond motifs is 2. The van der Waals surface area contributed by atoms with E-state index in [9.17, 15) is 9.59 Å². The Bertz CT molecular complexity index is 555. The second-order valence-electron chi connectivity index (χ2n) is 9.58. The van der Waals surface area contributed by atoms with Crippen molar-refractivity contribution in [2.45, 2.75) is 85.3 Å². The first-order valence-electron chi connectivity index (χ1n) is 9.59. The molecule has 3 rings (SSSR count). The number of hydrogen-bond donors (Lipinski definition) is 1. The third-order valence-corrected chi connectivity index (χ3v) is 7.79. The van der Waals surface area contributed by atoms with E-state index < -0.39 is 16.4 Å². The van der Waals surface area contributed by atoms with Crippen molar-refractivity contribution in [2.75, 3.05) is 0 Å². The summed E-state index contributed by atoms with van der Waals surface area (Å²) in [5, 5.41) is 3.32. The molecule has 0 spiro atoms. The summed E-state index contributed by atoms with van der Waals surface area (Å²) in [5.41, 5.74) is -1.99. The minimum atomic E-state index is -0.985. The van der Waals surface area contributed by atoms with E-state index in [4.69, 9.17) is 4.74 Å². The van der Waals surface area contributed by atoms with Crippen LogP contribution in [0.4, 0.5) is 0 Å². The van der Waals surface area contributed by atoms with Gasteiger partial charge < -0.3 is 10.1 Å². The van der Waals surface area contributed by atoms with Crippen LogP contribution in [0.2, 0.25) is 0 Å². The lowest BCUT2D eigenvalue weighted by molar-refractivity contribution is -0.169. The van der Waals surface area contributed by atoms with Crippen LogP contribution in [-0.4, -0.2) is 23.5 Å². The van der Waals surface area contributed by atoms with E-state index in [0.29, 0.717) is 24.2 Å². The first-order chi connectivity index (χ1) is 11.0. The van der Waals surface area contributed by atoms with E-state index in [1.165, 1.54) is 6.42 Å². The summed E-state index contributed by atoms with van der Waals surface area (Å²) in [7, 11) is 0. The van der Waals surface area contributed by atoms with E-state index in [1.54, 1.807) is 0 Å². The van der Waals surface area contributed by atoms with Crippen molar-refractivity contribution in [1.82, 2.24) is 5.32 Å². The Balaban J connectivity index is 1.83. The minimum Gasteiger partial charge on any atom is -0.448 e. The number of nitrogens with one attached hydrogen (secondary N) is 1. The van der Waals surface area contributed by atoms with Crippen LogP contribution in [0.3, 0.4) is 0 Å². The molecule has 2 saturated carbocycles. The topological polar surface area (TPSA) is 55.4 Å². The van der Waals surface area contributed by atoms with Gasteiger partial charge in [-0.3, -0.25) is 9.59 Å². The molecule has 0 aromatic heterocycles. The number of carbonyl (C=O) groups is 2. The summed E-state index contributed by atoms with van der Waals surface area (Å²) < 4.78 is 5.74. The van der Waals surface area contributed by atoms with Crippen LogP contribution in [0.1, 0.15) is 73.6 Å². The zero-order valence-electron chi connectivity index (χ0n) is 16.1. The smallest absolute Gasteiger partial charge is 0.313 e. The van der Waals surface area contributed by atoms with Crippen molar-refractivity contribution >= 4 is 11.9 Å². The average Bonchev–Trinajstić information content (AvgIpc) is 2.77. The lowest BCUT2D eigenvalue weighted by Crippen LogP contribution is -2.58. The summed E-state index contributed by atoms with van der Waals surface area (Å²) in [6, 6.07) is 0.192. The Morgan fingerprint density at radius 3 is 2.38 bits per heavy atom. The second kappa shape index (κ2) is 5.47. The molecular formula is C20H33NO3. The highest BCUT2D eigenvalue weighted by atomic mass is 16.6. The summed E-state index contributed by atoms with van der Waals surface area (Å²) >= 11 is 0. The number of esters is 1. The fraction of sp³-hybridized carbons (Fsp3) is 0.900. The van der Waals surface area contributed by atoms with Crippen molar-refractivity contribution in [2.24, 2.45) is 28.6 Å². The molecule has 136 valence electrons. The van der Waals surface area contributed by atoms with Crippen LogP contribution in [0.5, 0.6) is 0 Å². The molecule has 0 aromatic rings. The van der Waals surface area contributed by atoms with Crippen molar-refractivity contribution in [3.63, 3.8) is 0 Å². The molecule has 1 N–H and O–H groups in total. The first-order valence-corrected chi connectivity index (χ1v) is 9.59. The molecule has 1 heterocycles. The zero-order chi connectivity index (χ0) is 17.9. The number of rotatable bonds is 3. The van der Waals surface area contributed by atoms with E-state index in [1.807, 2.05) is 20.8 Å². The van der Waals surface area contributed by atoms with Gasteiger partial charge in [0.2, 0.25) is 0 Å². The summed E-state index contributed by atoms with van der Waals surface area (Å²) in [5.74, 6) is 1.43. The Kier molecular flexibility index (Phi) is 4.05. The van der Waals surface area contributed by atoms with E-state index >= 15 is 0 Å². The molecule has 1 aliphatic heterocycles. The monoisotopic (exact) mass is 335 g/mol. The van der Waals surface area contributed by atoms with Crippen LogP contribution in [-0.2, 0) is 14.3 Å². The molecule has 5 atom stereocenters. The van der Waals surface area contributed by atoms with Crippen LogP contribution in [0.25, 0.3) is 0 Å². The summed E-state index contributed by atoms with van der Waals surface area (Å²) in [4.78, 5) is 25.7. The molecule has 0 unspecified atom stereocenters. The maximum atomic E-state index is 13.3. The highest BCUT2D eigenvalue weighted by molar-refractivity contribution is 5.96. The van der Waals surface area contributed by atoms with E-state index in [2.05, 4.69) is 26.1 Å². The Morgan fingerprint density at radius 2 is 1.88 bits per heavy atom. The number of amides is 1. The molecule has 0 radical (unpaired) electrons. The molecule has 3 fully saturated rings. The van der Waals surface area contributed by atoms with E-state index in [-0.39, 0.29) is 17.9 Å². The van der Waals surface area contributed by atoms with Gasteiger partial charge in [0, 0.05) is 11.5 Å². The fourth-order valence-electron chi connectivity index (χ4n) is 5.40. The zero-order valence-corrected chi connectivity index (χ0v) is 16.1. The predicted molar refractivity (Wildman–Crippen MR) is 93.2 cm³/mol. The lowest BCUT2D eigenvalue weighted by Gasteiger charge is -2.41. The molecule has 1 amide bonds. The molecule has 4 nitrogen and oxygen atoms in total. The van der Waals surface area contributed by atoms with Gasteiger partial charge in [0.05, 0.1) is 5.41 Å². The molecule has 24 heavy (non-hydrogen) atoms. The number of hydrogen-bond acceptors (Lipinski definition) is 3. The Labute approximate surface area is 146 Å². The van der Waals surface area contributed by atoms with Crippen molar-refractivity contribution < 1.29 is 14.3 Å². The van der Waals surface area contributed by atoms with Gasteiger partial charge in [-0.1, -0.05) is 41.0 Å². The maximum Gasteiger partial charge on any atom is 0.313 e. The Morgan fingerprint density at radius 1 is 1.21 bits per heavy atom. The van der Waals surface area contributed by atoms with Gasteiger partial charge in [-0.15, -0.1) is 0 Å². The normalized spacial score (nSPS) is 43.8. The standard InChI is InChI=1S/C20H33NO3/c1-12(2)14-8-7-13(3)11-15(14)21-16(22)20-10-9-19(6,17(23)24-20)18(20,4)5/h12-15H,7-11H2,1-6H3,(H,21,22)/t13-,14+,15-,19+,20-/m1/s1. The average molecular weight is 335 g/mol. The Hall–Kier alpha value is -1.06. The third-order valence-electron chi connectivity index (χ3n) is 7.79. The molecule has 2 bridgehead atoms. The highest BCUT2D eigenvalue weighted by Gasteiger charge is 2.75. The van der Waals surface area contributed by atoms with Gasteiger partial charge in [0.1, 0.15) is 0 Å². The first kappa shape index (κ1) is 17.8. The minimum absolute atomic E-state index is 0.0631. The van der Waals surface area contributed by atoms with Crippen LogP contribution in [0.15, 0.2) is 0 Å². The SMILES string of the molecule is CC(C)[C@@H]1CC[C@@H](C)C[C@H]1NC(=O)[C@@]12CC[C@@](C)(C(=O)O1)C2(C)C. The molecule has 2 aliphatic carbocycles. The highest BCUT2D eigenvalue weighted by Crippen LogP contribution is 2.65. The van der Waals surface area contributed by atoms with Crippen LogP contribution < -0.4 is 5.32 Å². The number of carbonyl (C=O) groups excluding carboxylic acids is 2. The second-order valence-corrected chi connectivity index (χ2v) is 9.58. The molecule has 3 aliphatic rings. The van der Waals surface area contributed by atoms with Gasteiger partial charge in [0.25, 0.3) is 5.91 Å². The van der Waals surface area contributed by atoms with Gasteiger partial charge >= 0.3 is 5.97 Å². The molecule has 1 saturated heterocycles. The largest absolute Gasteiger partial charge is 0.448 e. The third kappa shape index (κ3) is 2.17. The summed E-state index contributed by atoms with van der Waals surface area (Å²) in [6.07, 6.45) is 4.80. The molecule has 0 aromatic carbocycles. The van der Waals surface area contributed by atoms with Crippen molar-refractivity contribution in [3.05, 3.63) is 0 Å². The maximum absolute atomic E-state index is 13.3. The van der Waals surface area contributed by atoms with Gasteiger partial charge in [-0.05, 0) is 50.4 Å². The predicted octanol–water partition coefficient (Wildman–Crippen LogP) is 3.69. The quantitative estimate of drug-likeness (QED) is 0.800. The molecular weight excluding hydrogens is 302 g/mol. The molecule has 4 heteroatoms. The van der Waals surface area contributed by atoms with Crippen molar-refractivity contribution in [3.8, 4) is 0 Å². The van der Waals surface area contributed by atoms with Gasteiger partial charge in [-0.2, -0.15) is 0 Å². The van der Waals surface area contributed by atoms with Gasteiger partial charge in [-0.25, -0.2) is 0 Å². The fourth-order valence-corrected chi connectivity index (χ4v) is 5.40. The van der Waals surface area contributed by atoms with E-state index in [0.717, 1.165) is 19.3 Å². The number of ether oxygens (including phenoxy) is 1. The summed E-state index contributed by atoms with van der Waals surface area (Å²) in [6.45, 7) is 12.7. The van der Waals surface area contributed by atoms with Crippen LogP contribution >= 0.6 is 0 Å². The van der Waals surface area contributed by atoms with Crippen LogP contribution in [0, 0.1) is 28.6 Å². The van der Waals surface area contributed by atoms with Crippen molar-refractivity contribution in [1.29, 1.82) is 0 Å².